The molecule has 1 aromatic heterocycles. The van der Waals surface area contributed by atoms with Crippen LogP contribution in [-0.2, 0) is 4.74 Å². The van der Waals surface area contributed by atoms with Crippen molar-refractivity contribution in [2.24, 2.45) is 5.92 Å². The topological polar surface area (TPSA) is 95.4 Å². The van der Waals surface area contributed by atoms with Gasteiger partial charge < -0.3 is 29.3 Å². The molecule has 3 rings (SSSR count). The van der Waals surface area contributed by atoms with Crippen molar-refractivity contribution in [3.63, 3.8) is 0 Å². The number of aliphatic hydroxyl groups excluding tert-OH is 1. The van der Waals surface area contributed by atoms with E-state index in [1.807, 2.05) is 58.0 Å². The van der Waals surface area contributed by atoms with Crippen LogP contribution < -0.4 is 9.64 Å². The minimum absolute atomic E-state index is 0.0766. The fourth-order valence-electron chi connectivity index (χ4n) is 4.72. The maximum Gasteiger partial charge on any atom is 0.258 e. The van der Waals surface area contributed by atoms with Crippen molar-refractivity contribution in [3.8, 4) is 5.75 Å². The molecular weight excluding hydrogens is 496 g/mol. The summed E-state index contributed by atoms with van der Waals surface area (Å²) in [5.74, 6) is 0.124. The zero-order valence-corrected chi connectivity index (χ0v) is 24.2. The number of hydrogen-bond donors (Lipinski definition) is 1. The Hall–Kier alpha value is -3.17. The van der Waals surface area contributed by atoms with E-state index in [1.54, 1.807) is 41.4 Å². The molecule has 0 radical (unpaired) electrons. The Morgan fingerprint density at radius 1 is 1.15 bits per heavy atom. The van der Waals surface area contributed by atoms with E-state index in [0.29, 0.717) is 36.6 Å². The van der Waals surface area contributed by atoms with Gasteiger partial charge in [-0.25, -0.2) is 0 Å². The first-order chi connectivity index (χ1) is 18.6. The van der Waals surface area contributed by atoms with Crippen molar-refractivity contribution in [1.29, 1.82) is 0 Å². The van der Waals surface area contributed by atoms with Crippen LogP contribution in [0.1, 0.15) is 60.7 Å². The van der Waals surface area contributed by atoms with E-state index in [9.17, 15) is 14.7 Å². The Kier molecular flexibility index (Phi) is 11.1. The van der Waals surface area contributed by atoms with Crippen LogP contribution in [0.4, 0.5) is 5.69 Å². The monoisotopic (exact) mass is 540 g/mol. The number of ether oxygens (including phenoxy) is 2. The Morgan fingerprint density at radius 3 is 2.54 bits per heavy atom. The summed E-state index contributed by atoms with van der Waals surface area (Å²) in [5.41, 5.74) is 1.93. The smallest absolute Gasteiger partial charge is 0.258 e. The Bertz CT molecular complexity index is 1080. The number of carbonyl (C=O) groups excluding carboxylic acids is 2. The number of aromatic nitrogens is 1. The van der Waals surface area contributed by atoms with Gasteiger partial charge in [0.1, 0.15) is 5.75 Å². The first-order valence-electron chi connectivity index (χ1n) is 13.8. The van der Waals surface area contributed by atoms with Crippen LogP contribution in [0.2, 0.25) is 0 Å². The molecular formula is C30H44N4O5. The zero-order chi connectivity index (χ0) is 28.5. The largest absolute Gasteiger partial charge is 0.490 e. The van der Waals surface area contributed by atoms with Crippen molar-refractivity contribution < 1.29 is 24.2 Å². The van der Waals surface area contributed by atoms with Crippen molar-refractivity contribution in [2.75, 3.05) is 52.3 Å². The standard InChI is InChI=1S/C30H44N4O5/c1-21-18-34(22(2)20-35)30(37)26-17-25(32(4)5)10-11-27(26)39-23(3)9-7-8-16-38-28(21)19-33(6)29(36)24-12-14-31-15-13-24/h10-15,17,21-23,28,35H,7-9,16,18-20H2,1-6H3/t21-,22-,23+,28+/m0/s1. The average molecular weight is 541 g/mol. The number of anilines is 1. The molecule has 0 saturated carbocycles. The number of aliphatic hydroxyl groups is 1. The lowest BCUT2D eigenvalue weighted by molar-refractivity contribution is -0.0149. The van der Waals surface area contributed by atoms with E-state index in [1.165, 1.54) is 0 Å². The van der Waals surface area contributed by atoms with Crippen molar-refractivity contribution in [3.05, 3.63) is 53.9 Å². The molecule has 1 N–H and O–H groups in total. The van der Waals surface area contributed by atoms with Gasteiger partial charge in [-0.05, 0) is 63.4 Å². The molecule has 0 aliphatic carbocycles. The molecule has 4 atom stereocenters. The third-order valence-electron chi connectivity index (χ3n) is 7.28. The van der Waals surface area contributed by atoms with Gasteiger partial charge in [0.15, 0.2) is 0 Å². The lowest BCUT2D eigenvalue weighted by Crippen LogP contribution is -2.48. The first kappa shape index (κ1) is 30.4. The van der Waals surface area contributed by atoms with Crippen molar-refractivity contribution in [1.82, 2.24) is 14.8 Å². The molecule has 2 heterocycles. The highest BCUT2D eigenvalue weighted by atomic mass is 16.5. The summed E-state index contributed by atoms with van der Waals surface area (Å²) in [7, 11) is 5.63. The molecule has 1 aliphatic rings. The fourth-order valence-corrected chi connectivity index (χ4v) is 4.72. The molecule has 0 unspecified atom stereocenters. The summed E-state index contributed by atoms with van der Waals surface area (Å²) in [6.07, 6.45) is 5.43. The summed E-state index contributed by atoms with van der Waals surface area (Å²) < 4.78 is 12.6. The Morgan fingerprint density at radius 2 is 1.87 bits per heavy atom. The molecule has 1 aliphatic heterocycles. The summed E-state index contributed by atoms with van der Waals surface area (Å²) in [6, 6.07) is 8.64. The van der Waals surface area contributed by atoms with Gasteiger partial charge in [0, 0.05) is 70.4 Å². The molecule has 2 amide bonds. The van der Waals surface area contributed by atoms with Crippen LogP contribution in [0.15, 0.2) is 42.7 Å². The molecule has 0 fully saturated rings. The summed E-state index contributed by atoms with van der Waals surface area (Å²) in [6.45, 7) is 6.97. The van der Waals surface area contributed by atoms with E-state index >= 15 is 0 Å². The van der Waals surface area contributed by atoms with Crippen LogP contribution in [0.3, 0.4) is 0 Å². The molecule has 39 heavy (non-hydrogen) atoms. The number of fused-ring (bicyclic) bond motifs is 1. The second-order valence-corrected chi connectivity index (χ2v) is 10.8. The fraction of sp³-hybridized carbons (Fsp3) is 0.567. The maximum atomic E-state index is 14.1. The second-order valence-electron chi connectivity index (χ2n) is 10.8. The number of likely N-dealkylation sites (N-methyl/N-ethyl adjacent to an activating group) is 1. The van der Waals surface area contributed by atoms with E-state index in [2.05, 4.69) is 4.98 Å². The minimum Gasteiger partial charge on any atom is -0.490 e. The SMILES string of the molecule is C[C@@H]1CCCCO[C@H](CN(C)C(=O)c2ccncc2)[C@@H](C)CN([C@@H](C)CO)C(=O)c2cc(N(C)C)ccc2O1. The molecule has 0 saturated heterocycles. The molecule has 2 aromatic rings. The predicted molar refractivity (Wildman–Crippen MR) is 152 cm³/mol. The molecule has 0 bridgehead atoms. The normalized spacial score (nSPS) is 21.8. The van der Waals surface area contributed by atoms with Crippen LogP contribution in [0.5, 0.6) is 5.75 Å². The van der Waals surface area contributed by atoms with E-state index in [4.69, 9.17) is 9.47 Å². The molecule has 1 aromatic carbocycles. The van der Waals surface area contributed by atoms with Gasteiger partial charge in [0.25, 0.3) is 11.8 Å². The number of carbonyl (C=O) groups is 2. The summed E-state index contributed by atoms with van der Waals surface area (Å²) in [4.78, 5) is 36.4. The highest BCUT2D eigenvalue weighted by molar-refractivity contribution is 5.98. The lowest BCUT2D eigenvalue weighted by Gasteiger charge is -2.36. The first-order valence-corrected chi connectivity index (χ1v) is 13.8. The third-order valence-corrected chi connectivity index (χ3v) is 7.28. The average Bonchev–Trinajstić information content (AvgIpc) is 2.93. The van der Waals surface area contributed by atoms with Crippen molar-refractivity contribution >= 4 is 17.5 Å². The van der Waals surface area contributed by atoms with Crippen LogP contribution in [0.25, 0.3) is 0 Å². The Labute approximate surface area is 232 Å². The Balaban J connectivity index is 1.93. The van der Waals surface area contributed by atoms with Crippen LogP contribution >= 0.6 is 0 Å². The zero-order valence-electron chi connectivity index (χ0n) is 24.2. The van der Waals surface area contributed by atoms with Gasteiger partial charge in [0.2, 0.25) is 0 Å². The van der Waals surface area contributed by atoms with Gasteiger partial charge in [-0.1, -0.05) is 6.92 Å². The van der Waals surface area contributed by atoms with Gasteiger partial charge in [0.05, 0.1) is 30.4 Å². The summed E-state index contributed by atoms with van der Waals surface area (Å²) in [5, 5.41) is 10.1. The highest BCUT2D eigenvalue weighted by Gasteiger charge is 2.31. The van der Waals surface area contributed by atoms with E-state index in [-0.39, 0.29) is 36.5 Å². The molecule has 9 nitrogen and oxygen atoms in total. The number of hydrogen-bond acceptors (Lipinski definition) is 7. The number of benzene rings is 1. The molecule has 9 heteroatoms. The van der Waals surface area contributed by atoms with Crippen LogP contribution in [-0.4, -0.2) is 97.4 Å². The minimum atomic E-state index is -0.419. The van der Waals surface area contributed by atoms with Gasteiger partial charge >= 0.3 is 0 Å². The molecule has 0 spiro atoms. The number of rotatable bonds is 6. The predicted octanol–water partition coefficient (Wildman–Crippen LogP) is 3.72. The van der Waals surface area contributed by atoms with Gasteiger partial charge in [-0.3, -0.25) is 14.6 Å². The third kappa shape index (κ3) is 8.16. The highest BCUT2D eigenvalue weighted by Crippen LogP contribution is 2.29. The van der Waals surface area contributed by atoms with E-state index < -0.39 is 6.04 Å². The second kappa shape index (κ2) is 14.3. The van der Waals surface area contributed by atoms with Crippen molar-refractivity contribution in [2.45, 2.75) is 58.3 Å². The number of nitrogens with zero attached hydrogens (tertiary/aromatic N) is 4. The lowest BCUT2D eigenvalue weighted by atomic mass is 10.0. The quantitative estimate of drug-likeness (QED) is 0.597. The maximum absolute atomic E-state index is 14.1. The van der Waals surface area contributed by atoms with Crippen LogP contribution in [0, 0.1) is 5.92 Å². The number of amides is 2. The molecule has 214 valence electrons. The van der Waals surface area contributed by atoms with E-state index in [0.717, 1.165) is 24.9 Å². The summed E-state index contributed by atoms with van der Waals surface area (Å²) >= 11 is 0. The van der Waals surface area contributed by atoms with Gasteiger partial charge in [-0.15, -0.1) is 0 Å². The van der Waals surface area contributed by atoms with Gasteiger partial charge in [-0.2, -0.15) is 0 Å². The number of pyridine rings is 1.